The SMILES string of the molecule is CC(O)c1nccn1C(C#Cc1ccc(-c2ccc(C[C@@H]3COC[C@H]3O)cc2)cc1)CO. The summed E-state index contributed by atoms with van der Waals surface area (Å²) in [6.07, 6.45) is 3.01. The van der Waals surface area contributed by atoms with E-state index in [0.717, 1.165) is 23.1 Å². The molecule has 2 heterocycles. The fourth-order valence-electron chi connectivity index (χ4n) is 3.95. The van der Waals surface area contributed by atoms with Gasteiger partial charge in [0.05, 0.1) is 25.9 Å². The van der Waals surface area contributed by atoms with Crippen molar-refractivity contribution in [2.45, 2.75) is 31.6 Å². The van der Waals surface area contributed by atoms with Crippen LogP contribution in [0.5, 0.6) is 0 Å². The first-order valence-corrected chi connectivity index (χ1v) is 10.8. The molecule has 32 heavy (non-hydrogen) atoms. The van der Waals surface area contributed by atoms with Gasteiger partial charge in [-0.3, -0.25) is 0 Å². The van der Waals surface area contributed by atoms with Crippen LogP contribution in [-0.4, -0.2) is 50.8 Å². The third kappa shape index (κ3) is 5.09. The van der Waals surface area contributed by atoms with Gasteiger partial charge in [0.1, 0.15) is 18.0 Å². The minimum Gasteiger partial charge on any atom is -0.393 e. The average molecular weight is 433 g/mol. The van der Waals surface area contributed by atoms with Gasteiger partial charge in [0.15, 0.2) is 0 Å². The molecular weight excluding hydrogens is 404 g/mol. The van der Waals surface area contributed by atoms with Crippen molar-refractivity contribution in [1.29, 1.82) is 0 Å². The van der Waals surface area contributed by atoms with Crippen LogP contribution in [-0.2, 0) is 11.2 Å². The maximum absolute atomic E-state index is 9.93. The highest BCUT2D eigenvalue weighted by Gasteiger charge is 2.26. The van der Waals surface area contributed by atoms with Crippen LogP contribution >= 0.6 is 0 Å². The second kappa shape index (κ2) is 10.1. The van der Waals surface area contributed by atoms with Crippen LogP contribution in [0.1, 0.15) is 36.0 Å². The van der Waals surface area contributed by atoms with Crippen LogP contribution in [0.3, 0.4) is 0 Å². The largest absolute Gasteiger partial charge is 0.393 e. The van der Waals surface area contributed by atoms with E-state index in [1.807, 2.05) is 24.3 Å². The van der Waals surface area contributed by atoms with Crippen LogP contribution < -0.4 is 0 Å². The second-order valence-corrected chi connectivity index (χ2v) is 8.18. The van der Waals surface area contributed by atoms with Gasteiger partial charge in [0.25, 0.3) is 0 Å². The summed E-state index contributed by atoms with van der Waals surface area (Å²) >= 11 is 0. The first-order chi connectivity index (χ1) is 15.5. The first-order valence-electron chi connectivity index (χ1n) is 10.8. The normalized spacial score (nSPS) is 19.9. The van der Waals surface area contributed by atoms with E-state index in [2.05, 4.69) is 41.1 Å². The molecule has 1 aliphatic heterocycles. The van der Waals surface area contributed by atoms with Crippen molar-refractivity contribution in [3.63, 3.8) is 0 Å². The molecule has 0 saturated carbocycles. The Morgan fingerprint density at radius 1 is 1.09 bits per heavy atom. The molecule has 2 unspecified atom stereocenters. The lowest BCUT2D eigenvalue weighted by molar-refractivity contribution is 0.118. The van der Waals surface area contributed by atoms with E-state index < -0.39 is 12.1 Å². The van der Waals surface area contributed by atoms with Crippen molar-refractivity contribution in [2.24, 2.45) is 5.92 Å². The molecule has 0 bridgehead atoms. The van der Waals surface area contributed by atoms with Crippen molar-refractivity contribution in [2.75, 3.05) is 19.8 Å². The van der Waals surface area contributed by atoms with Gasteiger partial charge in [-0.15, -0.1) is 0 Å². The number of imidazole rings is 1. The lowest BCUT2D eigenvalue weighted by atomic mass is 9.95. The van der Waals surface area contributed by atoms with E-state index >= 15 is 0 Å². The Balaban J connectivity index is 1.44. The molecule has 4 rings (SSSR count). The molecule has 6 heteroatoms. The molecule has 0 amide bonds. The molecule has 1 saturated heterocycles. The smallest absolute Gasteiger partial charge is 0.138 e. The van der Waals surface area contributed by atoms with Crippen molar-refractivity contribution in [3.8, 4) is 23.0 Å². The van der Waals surface area contributed by atoms with E-state index in [1.165, 1.54) is 5.56 Å². The highest BCUT2D eigenvalue weighted by molar-refractivity contribution is 5.64. The molecule has 6 nitrogen and oxygen atoms in total. The fourth-order valence-corrected chi connectivity index (χ4v) is 3.95. The van der Waals surface area contributed by atoms with Crippen molar-refractivity contribution >= 4 is 0 Å². The summed E-state index contributed by atoms with van der Waals surface area (Å²) in [6.45, 7) is 2.51. The van der Waals surface area contributed by atoms with Gasteiger partial charge in [-0.25, -0.2) is 4.98 Å². The van der Waals surface area contributed by atoms with Gasteiger partial charge in [-0.1, -0.05) is 48.2 Å². The van der Waals surface area contributed by atoms with Gasteiger partial charge in [0.2, 0.25) is 0 Å². The van der Waals surface area contributed by atoms with E-state index in [1.54, 1.807) is 23.9 Å². The predicted octanol–water partition coefficient (Wildman–Crippen LogP) is 2.74. The number of aliphatic hydroxyl groups excluding tert-OH is 3. The summed E-state index contributed by atoms with van der Waals surface area (Å²) in [5, 5.41) is 29.5. The van der Waals surface area contributed by atoms with E-state index in [-0.39, 0.29) is 18.6 Å². The van der Waals surface area contributed by atoms with Crippen LogP contribution in [0.15, 0.2) is 60.9 Å². The number of aromatic nitrogens is 2. The molecule has 1 aliphatic rings. The third-order valence-corrected chi connectivity index (χ3v) is 5.80. The summed E-state index contributed by atoms with van der Waals surface area (Å²) in [6, 6.07) is 15.9. The van der Waals surface area contributed by atoms with E-state index in [0.29, 0.717) is 19.0 Å². The molecule has 3 N–H and O–H groups in total. The van der Waals surface area contributed by atoms with Gasteiger partial charge in [-0.05, 0) is 42.2 Å². The molecular formula is C26H28N2O4. The Labute approximate surface area is 188 Å². The minimum atomic E-state index is -0.733. The van der Waals surface area contributed by atoms with Crippen LogP contribution in [0, 0.1) is 17.8 Å². The monoisotopic (exact) mass is 432 g/mol. The lowest BCUT2D eigenvalue weighted by Gasteiger charge is -2.14. The first kappa shape index (κ1) is 22.3. The third-order valence-electron chi connectivity index (χ3n) is 5.80. The quantitative estimate of drug-likeness (QED) is 0.522. The Hall–Kier alpha value is -2.95. The number of aliphatic hydroxyl groups is 3. The maximum Gasteiger partial charge on any atom is 0.138 e. The minimum absolute atomic E-state index is 0.167. The summed E-state index contributed by atoms with van der Waals surface area (Å²) in [5.41, 5.74) is 4.25. The Bertz CT molecular complexity index is 1080. The number of rotatable bonds is 6. The summed E-state index contributed by atoms with van der Waals surface area (Å²) in [5.74, 6) is 6.82. The average Bonchev–Trinajstić information content (AvgIpc) is 3.45. The zero-order valence-electron chi connectivity index (χ0n) is 18.1. The van der Waals surface area contributed by atoms with Crippen molar-refractivity contribution in [3.05, 3.63) is 77.9 Å². The number of nitrogens with zero attached hydrogens (tertiary/aromatic N) is 2. The van der Waals surface area contributed by atoms with Crippen LogP contribution in [0.25, 0.3) is 11.1 Å². The fraction of sp³-hybridized carbons (Fsp3) is 0.346. The molecule has 4 atom stereocenters. The molecule has 1 aromatic heterocycles. The number of ether oxygens (including phenoxy) is 1. The molecule has 0 radical (unpaired) electrons. The molecule has 0 aliphatic carbocycles. The molecule has 0 spiro atoms. The summed E-state index contributed by atoms with van der Waals surface area (Å²) in [7, 11) is 0. The lowest BCUT2D eigenvalue weighted by Crippen LogP contribution is -2.19. The van der Waals surface area contributed by atoms with Crippen molar-refractivity contribution in [1.82, 2.24) is 9.55 Å². The molecule has 166 valence electrons. The van der Waals surface area contributed by atoms with E-state index in [9.17, 15) is 15.3 Å². The van der Waals surface area contributed by atoms with Gasteiger partial charge in [0, 0.05) is 23.9 Å². The summed E-state index contributed by atoms with van der Waals surface area (Å²) in [4.78, 5) is 4.14. The predicted molar refractivity (Wildman–Crippen MR) is 122 cm³/mol. The Morgan fingerprint density at radius 2 is 1.78 bits per heavy atom. The number of hydrogen-bond acceptors (Lipinski definition) is 5. The van der Waals surface area contributed by atoms with Crippen LogP contribution in [0.4, 0.5) is 0 Å². The highest BCUT2D eigenvalue weighted by atomic mass is 16.5. The maximum atomic E-state index is 9.93. The zero-order valence-corrected chi connectivity index (χ0v) is 18.1. The standard InChI is InChI=1S/C26H28N2O4/c1-18(30)26-27-12-13-28(26)24(15-29)11-6-19-2-7-21(8-3-19)22-9-4-20(5-10-22)14-23-16-32-17-25(23)31/h2-5,7-10,12-13,18,23-25,29-31H,14-17H2,1H3/t18?,23-,24?,25-/m1/s1. The topological polar surface area (TPSA) is 87.7 Å². The molecule has 1 fully saturated rings. The van der Waals surface area contributed by atoms with Gasteiger partial charge >= 0.3 is 0 Å². The van der Waals surface area contributed by atoms with E-state index in [4.69, 9.17) is 4.74 Å². The summed E-state index contributed by atoms with van der Waals surface area (Å²) < 4.78 is 7.03. The second-order valence-electron chi connectivity index (χ2n) is 8.18. The Morgan fingerprint density at radius 3 is 2.38 bits per heavy atom. The zero-order chi connectivity index (χ0) is 22.5. The van der Waals surface area contributed by atoms with Gasteiger partial charge < -0.3 is 24.6 Å². The molecule has 2 aromatic carbocycles. The van der Waals surface area contributed by atoms with Crippen LogP contribution in [0.2, 0.25) is 0 Å². The highest BCUT2D eigenvalue weighted by Crippen LogP contribution is 2.24. The Kier molecular flexibility index (Phi) is 7.03. The molecule has 3 aromatic rings. The van der Waals surface area contributed by atoms with Gasteiger partial charge in [-0.2, -0.15) is 0 Å². The number of hydrogen-bond donors (Lipinski definition) is 3. The van der Waals surface area contributed by atoms with Crippen molar-refractivity contribution < 1.29 is 20.1 Å². The number of benzene rings is 2.